The van der Waals surface area contributed by atoms with E-state index in [1.807, 2.05) is 4.57 Å². The Kier molecular flexibility index (Phi) is 3.80. The molecule has 0 aliphatic heterocycles. The molecule has 6 heteroatoms. The molecule has 0 bridgehead atoms. The molecule has 0 saturated heterocycles. The van der Waals surface area contributed by atoms with E-state index < -0.39 is 11.7 Å². The fourth-order valence-electron chi connectivity index (χ4n) is 2.08. The minimum atomic E-state index is -4.34. The second-order valence-electron chi connectivity index (χ2n) is 4.44. The molecule has 0 aliphatic carbocycles. The van der Waals surface area contributed by atoms with Crippen LogP contribution in [0, 0.1) is 0 Å². The Balaban J connectivity index is 2.51. The fourth-order valence-corrected chi connectivity index (χ4v) is 2.08. The maximum atomic E-state index is 12.6. The minimum Gasteiger partial charge on any atom is -0.327 e. The number of hydrogen-bond acceptors (Lipinski definition) is 2. The summed E-state index contributed by atoms with van der Waals surface area (Å²) in [5, 5.41) is 0. The van der Waals surface area contributed by atoms with Gasteiger partial charge in [0, 0.05) is 6.54 Å². The Hall–Kier alpha value is -1.56. The number of aromatic nitrogens is 2. The zero-order valence-electron chi connectivity index (χ0n) is 10.7. The van der Waals surface area contributed by atoms with Crippen LogP contribution in [0.15, 0.2) is 18.2 Å². The van der Waals surface area contributed by atoms with Gasteiger partial charge >= 0.3 is 6.18 Å². The van der Waals surface area contributed by atoms with Gasteiger partial charge in [0.15, 0.2) is 0 Å². The van der Waals surface area contributed by atoms with Gasteiger partial charge in [-0.15, -0.1) is 0 Å². The van der Waals surface area contributed by atoms with Crippen molar-refractivity contribution in [2.75, 3.05) is 0 Å². The van der Waals surface area contributed by atoms with E-state index in [-0.39, 0.29) is 6.54 Å². The van der Waals surface area contributed by atoms with Gasteiger partial charge in [-0.1, -0.05) is 13.3 Å². The highest BCUT2D eigenvalue weighted by molar-refractivity contribution is 5.77. The Morgan fingerprint density at radius 2 is 2.05 bits per heavy atom. The molecule has 0 saturated carbocycles. The van der Waals surface area contributed by atoms with Gasteiger partial charge in [-0.05, 0) is 24.6 Å². The lowest BCUT2D eigenvalue weighted by Gasteiger charge is -2.08. The van der Waals surface area contributed by atoms with Crippen molar-refractivity contribution in [3.8, 4) is 0 Å². The Morgan fingerprint density at radius 1 is 1.32 bits per heavy atom. The topological polar surface area (TPSA) is 43.8 Å². The quantitative estimate of drug-likeness (QED) is 0.927. The van der Waals surface area contributed by atoms with Crippen LogP contribution in [-0.4, -0.2) is 9.55 Å². The van der Waals surface area contributed by atoms with Gasteiger partial charge in [-0.25, -0.2) is 4.98 Å². The third-order valence-corrected chi connectivity index (χ3v) is 3.07. The van der Waals surface area contributed by atoms with Crippen LogP contribution in [0.5, 0.6) is 0 Å². The van der Waals surface area contributed by atoms with Gasteiger partial charge in [0.05, 0.1) is 23.1 Å². The summed E-state index contributed by atoms with van der Waals surface area (Å²) in [4.78, 5) is 4.20. The van der Waals surface area contributed by atoms with Gasteiger partial charge < -0.3 is 10.3 Å². The van der Waals surface area contributed by atoms with Gasteiger partial charge in [-0.2, -0.15) is 13.2 Å². The van der Waals surface area contributed by atoms with E-state index in [0.29, 0.717) is 16.9 Å². The predicted molar refractivity (Wildman–Crippen MR) is 67.5 cm³/mol. The first-order chi connectivity index (χ1) is 8.97. The van der Waals surface area contributed by atoms with Gasteiger partial charge in [-0.3, -0.25) is 0 Å². The summed E-state index contributed by atoms with van der Waals surface area (Å²) in [6.45, 7) is 3.01. The predicted octanol–water partition coefficient (Wildman–Crippen LogP) is 3.31. The van der Waals surface area contributed by atoms with E-state index in [0.717, 1.165) is 31.5 Å². The second-order valence-corrected chi connectivity index (χ2v) is 4.44. The number of alkyl halides is 3. The molecule has 0 amide bonds. The van der Waals surface area contributed by atoms with E-state index >= 15 is 0 Å². The molecule has 0 unspecified atom stereocenters. The summed E-state index contributed by atoms with van der Waals surface area (Å²) in [7, 11) is 0. The van der Waals surface area contributed by atoms with Crippen molar-refractivity contribution in [3.05, 3.63) is 29.6 Å². The highest BCUT2D eigenvalue weighted by atomic mass is 19.4. The molecule has 0 atom stereocenters. The molecule has 1 heterocycles. The number of rotatable bonds is 4. The van der Waals surface area contributed by atoms with Crippen LogP contribution in [0.25, 0.3) is 11.0 Å². The van der Waals surface area contributed by atoms with Crippen LogP contribution in [0.3, 0.4) is 0 Å². The molecule has 2 aromatic rings. The number of nitrogens with two attached hydrogens (primary N) is 1. The standard InChI is InChI=1S/C13H16F3N3/c1-2-3-6-19-11-5-4-9(13(14,15)16)7-10(11)18-12(19)8-17/h4-5,7H,2-3,6,8,17H2,1H3. The number of hydrogen-bond donors (Lipinski definition) is 1. The first-order valence-electron chi connectivity index (χ1n) is 6.23. The molecular weight excluding hydrogens is 255 g/mol. The summed E-state index contributed by atoms with van der Waals surface area (Å²) >= 11 is 0. The highest BCUT2D eigenvalue weighted by Gasteiger charge is 2.31. The lowest BCUT2D eigenvalue weighted by Crippen LogP contribution is -2.08. The maximum Gasteiger partial charge on any atom is 0.416 e. The zero-order chi connectivity index (χ0) is 14.0. The summed E-state index contributed by atoms with van der Waals surface area (Å²) in [5.74, 6) is 0.628. The molecule has 2 rings (SSSR count). The molecule has 19 heavy (non-hydrogen) atoms. The number of unbranched alkanes of at least 4 members (excludes halogenated alkanes) is 1. The zero-order valence-corrected chi connectivity index (χ0v) is 10.7. The fraction of sp³-hybridized carbons (Fsp3) is 0.462. The van der Waals surface area contributed by atoms with E-state index in [1.54, 1.807) is 0 Å². The molecule has 0 radical (unpaired) electrons. The minimum absolute atomic E-state index is 0.222. The SMILES string of the molecule is CCCCn1c(CN)nc2cc(C(F)(F)F)ccc21. The molecule has 0 aliphatic rings. The summed E-state index contributed by atoms with van der Waals surface area (Å²) in [5.41, 5.74) is 5.99. The van der Waals surface area contributed by atoms with Crippen molar-refractivity contribution < 1.29 is 13.2 Å². The molecule has 1 aromatic carbocycles. The maximum absolute atomic E-state index is 12.6. The molecule has 3 nitrogen and oxygen atoms in total. The van der Waals surface area contributed by atoms with E-state index in [4.69, 9.17) is 5.73 Å². The summed E-state index contributed by atoms with van der Waals surface area (Å²) in [6.07, 6.45) is -2.39. The Labute approximate surface area is 109 Å². The largest absolute Gasteiger partial charge is 0.416 e. The average molecular weight is 271 g/mol. The van der Waals surface area contributed by atoms with Crippen molar-refractivity contribution in [1.29, 1.82) is 0 Å². The van der Waals surface area contributed by atoms with Crippen LogP contribution in [-0.2, 0) is 19.3 Å². The van der Waals surface area contributed by atoms with Crippen molar-refractivity contribution >= 4 is 11.0 Å². The molecule has 2 N–H and O–H groups in total. The molecule has 0 spiro atoms. The molecular formula is C13H16F3N3. The summed E-state index contributed by atoms with van der Waals surface area (Å²) < 4.78 is 39.8. The second kappa shape index (κ2) is 5.21. The molecule has 104 valence electrons. The van der Waals surface area contributed by atoms with Crippen LogP contribution < -0.4 is 5.73 Å². The van der Waals surface area contributed by atoms with E-state index in [1.165, 1.54) is 6.07 Å². The van der Waals surface area contributed by atoms with Crippen molar-refractivity contribution in [2.45, 2.75) is 39.0 Å². The van der Waals surface area contributed by atoms with Gasteiger partial charge in [0.1, 0.15) is 5.82 Å². The molecule has 0 fully saturated rings. The van der Waals surface area contributed by atoms with Crippen LogP contribution in [0.1, 0.15) is 31.2 Å². The molecule has 1 aromatic heterocycles. The van der Waals surface area contributed by atoms with Gasteiger partial charge in [0.25, 0.3) is 0 Å². The number of benzene rings is 1. The number of halogens is 3. The first kappa shape index (κ1) is 13.9. The normalized spacial score (nSPS) is 12.3. The monoisotopic (exact) mass is 271 g/mol. The Morgan fingerprint density at radius 3 is 2.63 bits per heavy atom. The van der Waals surface area contributed by atoms with Crippen molar-refractivity contribution in [3.63, 3.8) is 0 Å². The van der Waals surface area contributed by atoms with Crippen LogP contribution in [0.2, 0.25) is 0 Å². The third kappa shape index (κ3) is 2.73. The van der Waals surface area contributed by atoms with Gasteiger partial charge in [0.2, 0.25) is 0 Å². The Bertz CT molecular complexity index is 572. The number of fused-ring (bicyclic) bond motifs is 1. The van der Waals surface area contributed by atoms with E-state index in [9.17, 15) is 13.2 Å². The van der Waals surface area contributed by atoms with Crippen molar-refractivity contribution in [1.82, 2.24) is 9.55 Å². The number of nitrogens with zero attached hydrogens (tertiary/aromatic N) is 2. The lowest BCUT2D eigenvalue weighted by molar-refractivity contribution is -0.137. The smallest absolute Gasteiger partial charge is 0.327 e. The first-order valence-corrected chi connectivity index (χ1v) is 6.23. The van der Waals surface area contributed by atoms with Crippen LogP contribution in [0.4, 0.5) is 13.2 Å². The number of imidazole rings is 1. The highest BCUT2D eigenvalue weighted by Crippen LogP contribution is 2.31. The summed E-state index contributed by atoms with van der Waals surface area (Å²) in [6, 6.07) is 3.64. The van der Waals surface area contributed by atoms with Crippen molar-refractivity contribution in [2.24, 2.45) is 5.73 Å². The lowest BCUT2D eigenvalue weighted by atomic mass is 10.2. The van der Waals surface area contributed by atoms with Crippen LogP contribution >= 0.6 is 0 Å². The number of aryl methyl sites for hydroxylation is 1. The third-order valence-electron chi connectivity index (χ3n) is 3.07. The van der Waals surface area contributed by atoms with E-state index in [2.05, 4.69) is 11.9 Å². The average Bonchev–Trinajstić information content (AvgIpc) is 2.72.